The molecule has 1 heterocycles. The Kier molecular flexibility index (Phi) is 3.30. The topological polar surface area (TPSA) is 59.1 Å². The normalized spacial score (nSPS) is 13.0. The third-order valence-electron chi connectivity index (χ3n) is 2.40. The van der Waals surface area contributed by atoms with Gasteiger partial charge in [-0.1, -0.05) is 29.3 Å². The summed E-state index contributed by atoms with van der Waals surface area (Å²) in [5.74, 6) is 0. The van der Waals surface area contributed by atoms with Crippen molar-refractivity contribution in [2.45, 2.75) is 6.04 Å². The number of aliphatic hydroxyl groups excluding tert-OH is 1. The molecular formula is C11H10Cl2N2O. The van der Waals surface area contributed by atoms with Crippen molar-refractivity contribution in [2.24, 2.45) is 5.73 Å². The van der Waals surface area contributed by atoms with Gasteiger partial charge in [0.2, 0.25) is 0 Å². The summed E-state index contributed by atoms with van der Waals surface area (Å²) >= 11 is 12.0. The lowest BCUT2D eigenvalue weighted by molar-refractivity contribution is 0.268. The number of hydrogen-bond donors (Lipinski definition) is 2. The molecular weight excluding hydrogens is 247 g/mol. The molecule has 1 unspecified atom stereocenters. The van der Waals surface area contributed by atoms with E-state index in [0.29, 0.717) is 21.3 Å². The van der Waals surface area contributed by atoms with Gasteiger partial charge in [0.25, 0.3) is 0 Å². The summed E-state index contributed by atoms with van der Waals surface area (Å²) in [6.07, 6.45) is 0. The molecule has 0 saturated heterocycles. The molecule has 0 aliphatic heterocycles. The molecule has 0 radical (unpaired) electrons. The molecule has 16 heavy (non-hydrogen) atoms. The molecule has 3 N–H and O–H groups in total. The number of nitrogens with zero attached hydrogens (tertiary/aromatic N) is 1. The van der Waals surface area contributed by atoms with Crippen LogP contribution < -0.4 is 5.73 Å². The maximum absolute atomic E-state index is 9.01. The molecule has 3 nitrogen and oxygen atoms in total. The summed E-state index contributed by atoms with van der Waals surface area (Å²) in [5, 5.41) is 10.7. The van der Waals surface area contributed by atoms with E-state index < -0.39 is 6.04 Å². The van der Waals surface area contributed by atoms with Crippen molar-refractivity contribution in [1.82, 2.24) is 4.98 Å². The van der Waals surface area contributed by atoms with Crippen LogP contribution in [0.3, 0.4) is 0 Å². The molecule has 0 amide bonds. The summed E-state index contributed by atoms with van der Waals surface area (Å²) in [7, 11) is 0. The van der Waals surface area contributed by atoms with Crippen LogP contribution in [0.1, 0.15) is 11.6 Å². The number of rotatable bonds is 2. The number of halogens is 2. The first-order chi connectivity index (χ1) is 7.63. The molecule has 0 fully saturated rings. The zero-order valence-electron chi connectivity index (χ0n) is 8.32. The quantitative estimate of drug-likeness (QED) is 0.813. The van der Waals surface area contributed by atoms with E-state index in [1.165, 1.54) is 0 Å². The third kappa shape index (κ3) is 1.99. The van der Waals surface area contributed by atoms with Crippen molar-refractivity contribution in [3.05, 3.63) is 40.0 Å². The highest BCUT2D eigenvalue weighted by Gasteiger charge is 2.12. The van der Waals surface area contributed by atoms with Gasteiger partial charge in [-0.3, -0.25) is 0 Å². The van der Waals surface area contributed by atoms with Gasteiger partial charge in [-0.15, -0.1) is 0 Å². The largest absolute Gasteiger partial charge is 0.394 e. The number of hydrogen-bond acceptors (Lipinski definition) is 3. The van der Waals surface area contributed by atoms with Crippen LogP contribution in [-0.2, 0) is 0 Å². The second-order valence-electron chi connectivity index (χ2n) is 3.46. The standard InChI is InChI=1S/C11H10Cl2N2O/c12-10-4-2-7-9(15-10)3-1-6(11(7)13)8(14)5-16/h1-4,8,16H,5,14H2. The van der Waals surface area contributed by atoms with E-state index in [9.17, 15) is 0 Å². The van der Waals surface area contributed by atoms with Gasteiger partial charge >= 0.3 is 0 Å². The fourth-order valence-electron chi connectivity index (χ4n) is 1.54. The van der Waals surface area contributed by atoms with Crippen LogP contribution in [0.4, 0.5) is 0 Å². The number of aliphatic hydroxyl groups is 1. The lowest BCUT2D eigenvalue weighted by Crippen LogP contribution is -2.14. The molecule has 0 bridgehead atoms. The minimum absolute atomic E-state index is 0.147. The van der Waals surface area contributed by atoms with Crippen molar-refractivity contribution >= 4 is 34.1 Å². The summed E-state index contributed by atoms with van der Waals surface area (Å²) in [4.78, 5) is 4.14. The average molecular weight is 257 g/mol. The molecule has 0 aliphatic carbocycles. The Morgan fingerprint density at radius 3 is 2.69 bits per heavy atom. The highest BCUT2D eigenvalue weighted by atomic mass is 35.5. The lowest BCUT2D eigenvalue weighted by atomic mass is 10.1. The Labute approximate surface area is 103 Å². The van der Waals surface area contributed by atoms with Gasteiger partial charge in [0.15, 0.2) is 0 Å². The van der Waals surface area contributed by atoms with E-state index in [0.717, 1.165) is 5.39 Å². The Hall–Kier alpha value is -0.870. The first kappa shape index (κ1) is 11.6. The summed E-state index contributed by atoms with van der Waals surface area (Å²) in [6, 6.07) is 6.53. The second-order valence-corrected chi connectivity index (χ2v) is 4.22. The predicted molar refractivity (Wildman–Crippen MR) is 65.8 cm³/mol. The van der Waals surface area contributed by atoms with Crippen molar-refractivity contribution in [3.8, 4) is 0 Å². The number of aromatic nitrogens is 1. The molecule has 2 rings (SSSR count). The second kappa shape index (κ2) is 4.55. The Morgan fingerprint density at radius 1 is 1.25 bits per heavy atom. The van der Waals surface area contributed by atoms with Crippen LogP contribution in [0.5, 0.6) is 0 Å². The molecule has 2 aromatic rings. The Bertz CT molecular complexity index is 531. The fraction of sp³-hybridized carbons (Fsp3) is 0.182. The molecule has 0 spiro atoms. The van der Waals surface area contributed by atoms with Gasteiger partial charge in [-0.05, 0) is 23.8 Å². The van der Waals surface area contributed by atoms with Crippen molar-refractivity contribution in [3.63, 3.8) is 0 Å². The van der Waals surface area contributed by atoms with Gasteiger partial charge in [-0.2, -0.15) is 0 Å². The smallest absolute Gasteiger partial charge is 0.129 e. The van der Waals surface area contributed by atoms with Crippen LogP contribution in [0.25, 0.3) is 10.9 Å². The molecule has 1 aromatic heterocycles. The van der Waals surface area contributed by atoms with Crippen molar-refractivity contribution in [1.29, 1.82) is 0 Å². The first-order valence-electron chi connectivity index (χ1n) is 4.74. The highest BCUT2D eigenvalue weighted by molar-refractivity contribution is 6.36. The molecule has 84 valence electrons. The van der Waals surface area contributed by atoms with Gasteiger partial charge in [0.1, 0.15) is 5.15 Å². The number of pyridine rings is 1. The van der Waals surface area contributed by atoms with Crippen LogP contribution in [-0.4, -0.2) is 16.7 Å². The average Bonchev–Trinajstić information content (AvgIpc) is 2.28. The molecule has 1 aromatic carbocycles. The van der Waals surface area contributed by atoms with E-state index in [1.54, 1.807) is 24.3 Å². The van der Waals surface area contributed by atoms with E-state index in [-0.39, 0.29) is 6.61 Å². The molecule has 0 saturated carbocycles. The monoisotopic (exact) mass is 256 g/mol. The summed E-state index contributed by atoms with van der Waals surface area (Å²) in [6.45, 7) is -0.147. The summed E-state index contributed by atoms with van der Waals surface area (Å²) < 4.78 is 0. The third-order valence-corrected chi connectivity index (χ3v) is 3.03. The van der Waals surface area contributed by atoms with E-state index in [2.05, 4.69) is 4.98 Å². The molecule has 5 heteroatoms. The maximum Gasteiger partial charge on any atom is 0.129 e. The van der Waals surface area contributed by atoms with Crippen LogP contribution in [0, 0.1) is 0 Å². The first-order valence-corrected chi connectivity index (χ1v) is 5.50. The number of benzene rings is 1. The molecule has 0 aliphatic rings. The Balaban J connectivity index is 2.65. The zero-order chi connectivity index (χ0) is 11.7. The lowest BCUT2D eigenvalue weighted by Gasteiger charge is -2.12. The fourth-order valence-corrected chi connectivity index (χ4v) is 2.06. The van der Waals surface area contributed by atoms with E-state index in [1.807, 2.05) is 0 Å². The number of fused-ring (bicyclic) bond motifs is 1. The van der Waals surface area contributed by atoms with Crippen LogP contribution in [0.2, 0.25) is 10.2 Å². The van der Waals surface area contributed by atoms with Crippen molar-refractivity contribution in [2.75, 3.05) is 6.61 Å². The van der Waals surface area contributed by atoms with E-state index >= 15 is 0 Å². The SMILES string of the molecule is NC(CO)c1ccc2nc(Cl)ccc2c1Cl. The van der Waals surface area contributed by atoms with Crippen LogP contribution in [0.15, 0.2) is 24.3 Å². The predicted octanol–water partition coefficient (Wildman–Crippen LogP) is 2.53. The van der Waals surface area contributed by atoms with Crippen LogP contribution >= 0.6 is 23.2 Å². The van der Waals surface area contributed by atoms with Gasteiger partial charge in [0, 0.05) is 5.39 Å². The zero-order valence-corrected chi connectivity index (χ0v) is 9.83. The minimum atomic E-state index is -0.479. The summed E-state index contributed by atoms with van der Waals surface area (Å²) in [5.41, 5.74) is 7.16. The molecule has 1 atom stereocenters. The minimum Gasteiger partial charge on any atom is -0.394 e. The van der Waals surface area contributed by atoms with Gasteiger partial charge in [-0.25, -0.2) is 4.98 Å². The maximum atomic E-state index is 9.01. The number of nitrogens with two attached hydrogens (primary N) is 1. The van der Waals surface area contributed by atoms with E-state index in [4.69, 9.17) is 34.0 Å². The Morgan fingerprint density at radius 2 is 2.00 bits per heavy atom. The highest BCUT2D eigenvalue weighted by Crippen LogP contribution is 2.30. The van der Waals surface area contributed by atoms with Crippen molar-refractivity contribution < 1.29 is 5.11 Å². The van der Waals surface area contributed by atoms with Gasteiger partial charge < -0.3 is 10.8 Å². The van der Waals surface area contributed by atoms with Gasteiger partial charge in [0.05, 0.1) is 23.2 Å².